The standard InChI is InChI=1S/C24H20ClFN4O3/c1-14-4-6-17(7-5-14)24-28-27-23(33-24)16(3)32-21(31)13-12-20-15(2)29-30(22(20)25)19-10-8-18(26)9-11-19/h4-13,16H,1-3H3/b13-12+. The fraction of sp³-hybridized carbons (Fsp3) is 0.167. The SMILES string of the molecule is Cc1ccc(-c2nnc(C(C)OC(=O)/C=C/c3c(C)nn(-c4ccc(F)cc4)c3Cl)o2)cc1. The van der Waals surface area contributed by atoms with Crippen molar-refractivity contribution < 1.29 is 18.3 Å². The van der Waals surface area contributed by atoms with E-state index in [1.807, 2.05) is 31.2 Å². The highest BCUT2D eigenvalue weighted by molar-refractivity contribution is 6.31. The molecule has 4 aromatic rings. The fourth-order valence-corrected chi connectivity index (χ4v) is 3.42. The number of ether oxygens (including phenoxy) is 1. The van der Waals surface area contributed by atoms with Crippen molar-refractivity contribution in [2.75, 3.05) is 0 Å². The molecule has 0 saturated carbocycles. The van der Waals surface area contributed by atoms with Crippen LogP contribution in [-0.4, -0.2) is 25.9 Å². The van der Waals surface area contributed by atoms with Crippen LogP contribution in [0, 0.1) is 19.7 Å². The molecule has 0 radical (unpaired) electrons. The summed E-state index contributed by atoms with van der Waals surface area (Å²) in [6.07, 6.45) is 2.02. The maximum absolute atomic E-state index is 13.2. The van der Waals surface area contributed by atoms with Gasteiger partial charge in [0.05, 0.1) is 11.4 Å². The predicted molar refractivity (Wildman–Crippen MR) is 121 cm³/mol. The lowest BCUT2D eigenvalue weighted by Gasteiger charge is -2.06. The summed E-state index contributed by atoms with van der Waals surface area (Å²) in [7, 11) is 0. The van der Waals surface area contributed by atoms with E-state index < -0.39 is 12.1 Å². The number of aromatic nitrogens is 4. The lowest BCUT2D eigenvalue weighted by atomic mass is 10.1. The van der Waals surface area contributed by atoms with Crippen LogP contribution in [0.4, 0.5) is 4.39 Å². The van der Waals surface area contributed by atoms with Gasteiger partial charge in [0, 0.05) is 17.2 Å². The zero-order valence-electron chi connectivity index (χ0n) is 18.1. The Kier molecular flexibility index (Phi) is 6.37. The summed E-state index contributed by atoms with van der Waals surface area (Å²) in [5, 5.41) is 12.6. The summed E-state index contributed by atoms with van der Waals surface area (Å²) in [5.41, 5.74) is 3.64. The third-order valence-corrected chi connectivity index (χ3v) is 5.25. The Balaban J connectivity index is 1.44. The summed E-state index contributed by atoms with van der Waals surface area (Å²) in [6, 6.07) is 13.4. The minimum Gasteiger partial charge on any atom is -0.449 e. The Morgan fingerprint density at radius 2 is 1.82 bits per heavy atom. The van der Waals surface area contributed by atoms with Crippen molar-refractivity contribution in [2.24, 2.45) is 0 Å². The van der Waals surface area contributed by atoms with Gasteiger partial charge in [0.25, 0.3) is 5.89 Å². The first-order chi connectivity index (χ1) is 15.8. The first kappa shape index (κ1) is 22.4. The van der Waals surface area contributed by atoms with Crippen LogP contribution in [0.3, 0.4) is 0 Å². The van der Waals surface area contributed by atoms with E-state index in [-0.39, 0.29) is 16.9 Å². The Labute approximate surface area is 194 Å². The average Bonchev–Trinajstić information content (AvgIpc) is 3.39. The van der Waals surface area contributed by atoms with Gasteiger partial charge in [0.1, 0.15) is 11.0 Å². The Morgan fingerprint density at radius 3 is 2.52 bits per heavy atom. The highest BCUT2D eigenvalue weighted by Gasteiger charge is 2.19. The molecule has 0 saturated heterocycles. The normalized spacial score (nSPS) is 12.3. The van der Waals surface area contributed by atoms with Gasteiger partial charge in [-0.1, -0.05) is 29.3 Å². The van der Waals surface area contributed by atoms with Crippen molar-refractivity contribution in [1.29, 1.82) is 0 Å². The number of carbonyl (C=O) groups excluding carboxylic acids is 1. The molecule has 0 N–H and O–H groups in total. The summed E-state index contributed by atoms with van der Waals surface area (Å²) in [6.45, 7) is 5.38. The smallest absolute Gasteiger partial charge is 0.331 e. The summed E-state index contributed by atoms with van der Waals surface area (Å²) < 4.78 is 25.7. The van der Waals surface area contributed by atoms with Gasteiger partial charge in [0.2, 0.25) is 5.89 Å². The Morgan fingerprint density at radius 1 is 1.12 bits per heavy atom. The minimum absolute atomic E-state index is 0.186. The third-order valence-electron chi connectivity index (χ3n) is 4.89. The molecule has 9 heteroatoms. The topological polar surface area (TPSA) is 83.0 Å². The molecule has 1 atom stereocenters. The van der Waals surface area contributed by atoms with Crippen LogP contribution in [0.2, 0.25) is 5.15 Å². The van der Waals surface area contributed by atoms with Crippen molar-refractivity contribution in [3.63, 3.8) is 0 Å². The minimum atomic E-state index is -0.743. The van der Waals surface area contributed by atoms with Crippen LogP contribution < -0.4 is 0 Å². The van der Waals surface area contributed by atoms with Crippen LogP contribution in [0.1, 0.15) is 35.7 Å². The molecule has 2 heterocycles. The van der Waals surface area contributed by atoms with Crippen molar-refractivity contribution >= 4 is 23.6 Å². The number of esters is 1. The third kappa shape index (κ3) is 5.01. The predicted octanol–water partition coefficient (Wildman–Crippen LogP) is 5.65. The number of aryl methyl sites for hydroxylation is 2. The quantitative estimate of drug-likeness (QED) is 0.270. The molecular formula is C24H20ClFN4O3. The molecule has 2 aromatic heterocycles. The van der Waals surface area contributed by atoms with E-state index in [0.717, 1.165) is 11.1 Å². The molecule has 168 valence electrons. The highest BCUT2D eigenvalue weighted by Crippen LogP contribution is 2.26. The van der Waals surface area contributed by atoms with E-state index in [1.54, 1.807) is 26.0 Å². The van der Waals surface area contributed by atoms with Crippen molar-refractivity contribution in [3.8, 4) is 17.1 Å². The molecule has 4 rings (SSSR count). The Hall–Kier alpha value is -3.78. The number of hydrogen-bond acceptors (Lipinski definition) is 6. The summed E-state index contributed by atoms with van der Waals surface area (Å²) in [5.74, 6) is -0.435. The number of benzene rings is 2. The maximum Gasteiger partial charge on any atom is 0.331 e. The molecule has 0 aliphatic heterocycles. The first-order valence-corrected chi connectivity index (χ1v) is 10.5. The maximum atomic E-state index is 13.2. The lowest BCUT2D eigenvalue weighted by Crippen LogP contribution is -2.06. The number of halogens is 2. The molecule has 0 aliphatic carbocycles. The van der Waals surface area contributed by atoms with E-state index in [4.69, 9.17) is 20.8 Å². The number of hydrogen-bond donors (Lipinski definition) is 0. The zero-order valence-corrected chi connectivity index (χ0v) is 18.9. The van der Waals surface area contributed by atoms with Crippen LogP contribution in [0.5, 0.6) is 0 Å². The molecule has 1 unspecified atom stereocenters. The number of rotatable bonds is 6. The van der Waals surface area contributed by atoms with Crippen molar-refractivity contribution in [2.45, 2.75) is 26.9 Å². The van der Waals surface area contributed by atoms with Gasteiger partial charge in [-0.15, -0.1) is 10.2 Å². The number of carbonyl (C=O) groups is 1. The molecule has 0 spiro atoms. The Bertz CT molecular complexity index is 1310. The molecule has 7 nitrogen and oxygen atoms in total. The molecule has 0 fully saturated rings. The number of nitrogens with zero attached hydrogens (tertiary/aromatic N) is 4. The molecular weight excluding hydrogens is 447 g/mol. The molecule has 0 aliphatic rings. The van der Waals surface area contributed by atoms with Gasteiger partial charge < -0.3 is 9.15 Å². The molecule has 0 bridgehead atoms. The zero-order chi connectivity index (χ0) is 23.5. The second-order valence-electron chi connectivity index (χ2n) is 7.40. The van der Waals surface area contributed by atoms with Crippen LogP contribution in [0.15, 0.2) is 59.0 Å². The van der Waals surface area contributed by atoms with E-state index in [0.29, 0.717) is 22.8 Å². The van der Waals surface area contributed by atoms with E-state index in [1.165, 1.54) is 29.0 Å². The summed E-state index contributed by atoms with van der Waals surface area (Å²) >= 11 is 6.43. The van der Waals surface area contributed by atoms with Gasteiger partial charge in [-0.25, -0.2) is 13.9 Å². The van der Waals surface area contributed by atoms with E-state index >= 15 is 0 Å². The second kappa shape index (κ2) is 9.38. The van der Waals surface area contributed by atoms with Crippen molar-refractivity contribution in [3.05, 3.63) is 88.3 Å². The second-order valence-corrected chi connectivity index (χ2v) is 7.76. The van der Waals surface area contributed by atoms with Crippen LogP contribution in [0.25, 0.3) is 23.2 Å². The fourth-order valence-electron chi connectivity index (χ4n) is 3.08. The summed E-state index contributed by atoms with van der Waals surface area (Å²) in [4.78, 5) is 12.3. The highest BCUT2D eigenvalue weighted by atomic mass is 35.5. The van der Waals surface area contributed by atoms with Gasteiger partial charge in [0.15, 0.2) is 6.10 Å². The van der Waals surface area contributed by atoms with E-state index in [2.05, 4.69) is 15.3 Å². The molecule has 2 aromatic carbocycles. The van der Waals surface area contributed by atoms with Gasteiger partial charge >= 0.3 is 5.97 Å². The average molecular weight is 467 g/mol. The van der Waals surface area contributed by atoms with Gasteiger partial charge in [-0.05, 0) is 63.2 Å². The van der Waals surface area contributed by atoms with Gasteiger partial charge in [-0.3, -0.25) is 0 Å². The first-order valence-electron chi connectivity index (χ1n) is 10.1. The largest absolute Gasteiger partial charge is 0.449 e. The molecule has 33 heavy (non-hydrogen) atoms. The van der Waals surface area contributed by atoms with Crippen molar-refractivity contribution in [1.82, 2.24) is 20.0 Å². The van der Waals surface area contributed by atoms with E-state index in [9.17, 15) is 9.18 Å². The molecule has 0 amide bonds. The van der Waals surface area contributed by atoms with Gasteiger partial charge in [-0.2, -0.15) is 5.10 Å². The van der Waals surface area contributed by atoms with Crippen LogP contribution in [-0.2, 0) is 9.53 Å². The monoisotopic (exact) mass is 466 g/mol. The van der Waals surface area contributed by atoms with Crippen LogP contribution >= 0.6 is 11.6 Å². The lowest BCUT2D eigenvalue weighted by molar-refractivity contribution is -0.143.